The average molecular weight is 608 g/mol. The van der Waals surface area contributed by atoms with Gasteiger partial charge in [0.05, 0.1) is 37.6 Å². The molecule has 0 N–H and O–H groups in total. The predicted molar refractivity (Wildman–Crippen MR) is 184 cm³/mol. The third-order valence-corrected chi connectivity index (χ3v) is 8.89. The van der Waals surface area contributed by atoms with Gasteiger partial charge in [0.25, 0.3) is 0 Å². The largest absolute Gasteiger partial charge is 0.496 e. The minimum atomic E-state index is 0.641. The highest BCUT2D eigenvalue weighted by atomic mass is 32.1. The Kier molecular flexibility index (Phi) is 10.6. The van der Waals surface area contributed by atoms with Crippen LogP contribution in [-0.4, -0.2) is 32.4 Å². The highest BCUT2D eigenvalue weighted by Gasteiger charge is 2.10. The van der Waals surface area contributed by atoms with E-state index in [9.17, 15) is 0 Å². The first-order valence-electron chi connectivity index (χ1n) is 15.2. The molecule has 5 aromatic rings. The van der Waals surface area contributed by atoms with E-state index in [-0.39, 0.29) is 0 Å². The zero-order chi connectivity index (χ0) is 30.9. The molecule has 5 rings (SSSR count). The van der Waals surface area contributed by atoms with E-state index in [2.05, 4.69) is 81.5 Å². The minimum Gasteiger partial charge on any atom is -0.496 e. The fourth-order valence-corrected chi connectivity index (χ4v) is 6.03. The molecule has 0 atom stereocenters. The number of aromatic nitrogens is 1. The zero-order valence-electron chi connectivity index (χ0n) is 26.3. The fourth-order valence-electron chi connectivity index (χ4n) is 5.07. The summed E-state index contributed by atoms with van der Waals surface area (Å²) < 4.78 is 24.6. The number of nitrogens with zero attached hydrogens (tertiary/aromatic N) is 1. The van der Waals surface area contributed by atoms with Gasteiger partial charge >= 0.3 is 0 Å². The molecule has 0 aliphatic rings. The van der Waals surface area contributed by atoms with E-state index in [0.29, 0.717) is 13.2 Å². The molecule has 0 radical (unpaired) electrons. The summed E-state index contributed by atoms with van der Waals surface area (Å²) in [5.41, 5.74) is 7.81. The number of unbranched alkanes of at least 4 members (excludes halogenated alkanes) is 3. The Balaban J connectivity index is 1.07. The smallest absolute Gasteiger partial charge is 0.161 e. The molecule has 0 spiro atoms. The third kappa shape index (κ3) is 7.80. The van der Waals surface area contributed by atoms with Crippen molar-refractivity contribution in [3.63, 3.8) is 0 Å². The van der Waals surface area contributed by atoms with Crippen LogP contribution in [-0.2, 0) is 0 Å². The molecule has 0 aliphatic heterocycles. The van der Waals surface area contributed by atoms with E-state index in [1.54, 1.807) is 25.6 Å². The van der Waals surface area contributed by atoms with Crippen LogP contribution in [0, 0.1) is 20.8 Å². The van der Waals surface area contributed by atoms with Crippen LogP contribution in [0.15, 0.2) is 72.8 Å². The number of fused-ring (bicyclic) bond motifs is 1. The Morgan fingerprint density at radius 2 is 1.34 bits per heavy atom. The van der Waals surface area contributed by atoms with E-state index in [4.69, 9.17) is 23.9 Å². The number of rotatable bonds is 14. The summed E-state index contributed by atoms with van der Waals surface area (Å²) in [6.07, 6.45) is 8.31. The molecule has 44 heavy (non-hydrogen) atoms. The highest BCUT2D eigenvalue weighted by molar-refractivity contribution is 7.21. The van der Waals surface area contributed by atoms with Crippen LogP contribution >= 0.6 is 11.3 Å². The van der Waals surface area contributed by atoms with Crippen molar-refractivity contribution in [2.75, 3.05) is 27.4 Å². The summed E-state index contributed by atoms with van der Waals surface area (Å²) in [6, 6.07) is 24.9. The Labute approximate surface area is 265 Å². The number of benzene rings is 4. The maximum atomic E-state index is 6.19. The van der Waals surface area contributed by atoms with Gasteiger partial charge in [0.15, 0.2) is 11.5 Å². The second-order valence-electron chi connectivity index (χ2n) is 11.0. The minimum absolute atomic E-state index is 0.641. The van der Waals surface area contributed by atoms with Gasteiger partial charge in [-0.3, -0.25) is 0 Å². The molecule has 4 aromatic carbocycles. The number of hydrogen-bond donors (Lipinski definition) is 0. The lowest BCUT2D eigenvalue weighted by Gasteiger charge is -2.12. The molecule has 0 aliphatic carbocycles. The van der Waals surface area contributed by atoms with Gasteiger partial charge in [0.1, 0.15) is 16.5 Å². The van der Waals surface area contributed by atoms with E-state index in [1.165, 1.54) is 15.8 Å². The lowest BCUT2D eigenvalue weighted by atomic mass is 10.0. The summed E-state index contributed by atoms with van der Waals surface area (Å²) in [5, 5.41) is 1.02. The van der Waals surface area contributed by atoms with E-state index in [1.807, 2.05) is 24.3 Å². The van der Waals surface area contributed by atoms with Crippen molar-refractivity contribution in [2.45, 2.75) is 46.5 Å². The second kappa shape index (κ2) is 14.9. The number of methoxy groups -OCH3 is 2. The Morgan fingerprint density at radius 3 is 2.09 bits per heavy atom. The van der Waals surface area contributed by atoms with Crippen molar-refractivity contribution >= 4 is 33.7 Å². The lowest BCUT2D eigenvalue weighted by Crippen LogP contribution is -2.01. The standard InChI is InChI=1S/C38H41NO4S/c1-26-14-18-31(38-39-32-12-8-9-13-37(32)44-38)25-34(26)42-20-10-6-7-11-21-43-36-23-29(17-19-33(36)40-4)15-16-30-22-27(2)28(3)35(24-30)41-5/h8-9,12-19,22-25H,6-7,10-11,20-21H2,1-5H3/b16-15-. The Hall–Kier alpha value is -4.29. The molecule has 228 valence electrons. The maximum absolute atomic E-state index is 6.19. The van der Waals surface area contributed by atoms with Gasteiger partial charge in [0.2, 0.25) is 0 Å². The van der Waals surface area contributed by atoms with Gasteiger partial charge in [-0.15, -0.1) is 11.3 Å². The van der Waals surface area contributed by atoms with Crippen LogP contribution in [0.5, 0.6) is 23.0 Å². The first-order valence-corrected chi connectivity index (χ1v) is 16.0. The van der Waals surface area contributed by atoms with E-state index >= 15 is 0 Å². The third-order valence-electron chi connectivity index (χ3n) is 7.80. The summed E-state index contributed by atoms with van der Waals surface area (Å²) in [4.78, 5) is 4.80. The molecule has 1 heterocycles. The van der Waals surface area contributed by atoms with Crippen molar-refractivity contribution in [1.82, 2.24) is 4.98 Å². The van der Waals surface area contributed by atoms with Gasteiger partial charge in [-0.2, -0.15) is 0 Å². The van der Waals surface area contributed by atoms with Gasteiger partial charge < -0.3 is 18.9 Å². The highest BCUT2D eigenvalue weighted by Crippen LogP contribution is 2.33. The van der Waals surface area contributed by atoms with Gasteiger partial charge in [0, 0.05) is 5.56 Å². The number of ether oxygens (including phenoxy) is 4. The molecule has 1 aromatic heterocycles. The summed E-state index contributed by atoms with van der Waals surface area (Å²) in [6.45, 7) is 7.61. The molecule has 0 saturated carbocycles. The Bertz CT molecular complexity index is 1710. The van der Waals surface area contributed by atoms with Crippen molar-refractivity contribution in [1.29, 1.82) is 0 Å². The number of aryl methyl sites for hydroxylation is 2. The molecule has 0 bridgehead atoms. The lowest BCUT2D eigenvalue weighted by molar-refractivity contribution is 0.276. The van der Waals surface area contributed by atoms with Crippen molar-refractivity contribution < 1.29 is 18.9 Å². The second-order valence-corrected chi connectivity index (χ2v) is 12.0. The molecule has 0 unspecified atom stereocenters. The number of thiazole rings is 1. The summed E-state index contributed by atoms with van der Waals surface area (Å²) in [5.74, 6) is 3.34. The normalized spacial score (nSPS) is 11.3. The summed E-state index contributed by atoms with van der Waals surface area (Å²) in [7, 11) is 3.39. The van der Waals surface area contributed by atoms with Gasteiger partial charge in [-0.05, 0) is 111 Å². The van der Waals surface area contributed by atoms with Crippen molar-refractivity contribution in [3.8, 4) is 33.6 Å². The number of hydrogen-bond acceptors (Lipinski definition) is 6. The summed E-state index contributed by atoms with van der Waals surface area (Å²) >= 11 is 1.72. The van der Waals surface area contributed by atoms with Crippen molar-refractivity contribution in [3.05, 3.63) is 101 Å². The number of para-hydroxylation sites is 1. The Morgan fingerprint density at radius 1 is 0.636 bits per heavy atom. The van der Waals surface area contributed by atoms with E-state index < -0.39 is 0 Å². The zero-order valence-corrected chi connectivity index (χ0v) is 27.1. The van der Waals surface area contributed by atoms with Crippen LogP contribution < -0.4 is 18.9 Å². The molecule has 0 fully saturated rings. The van der Waals surface area contributed by atoms with Gasteiger partial charge in [-0.1, -0.05) is 48.6 Å². The van der Waals surface area contributed by atoms with Gasteiger partial charge in [-0.25, -0.2) is 4.98 Å². The predicted octanol–water partition coefficient (Wildman–Crippen LogP) is 10.1. The quantitative estimate of drug-likeness (QED) is 0.0929. The van der Waals surface area contributed by atoms with Crippen LogP contribution in [0.4, 0.5) is 0 Å². The van der Waals surface area contributed by atoms with Crippen LogP contribution in [0.2, 0.25) is 0 Å². The fraction of sp³-hybridized carbons (Fsp3) is 0.289. The van der Waals surface area contributed by atoms with Crippen LogP contribution in [0.1, 0.15) is 53.5 Å². The average Bonchev–Trinajstić information content (AvgIpc) is 3.48. The maximum Gasteiger partial charge on any atom is 0.161 e. The molecule has 0 amide bonds. The molecule has 6 heteroatoms. The topological polar surface area (TPSA) is 49.8 Å². The van der Waals surface area contributed by atoms with E-state index in [0.717, 1.165) is 81.5 Å². The van der Waals surface area contributed by atoms with Crippen LogP contribution in [0.3, 0.4) is 0 Å². The van der Waals surface area contributed by atoms with Crippen LogP contribution in [0.25, 0.3) is 32.9 Å². The van der Waals surface area contributed by atoms with Crippen molar-refractivity contribution in [2.24, 2.45) is 0 Å². The first kappa shape index (κ1) is 31.1. The molecular weight excluding hydrogens is 566 g/mol. The monoisotopic (exact) mass is 607 g/mol. The first-order chi connectivity index (χ1) is 21.4. The molecular formula is C38H41NO4S. The SMILES string of the molecule is COc1ccc(/C=C\c2cc(C)c(C)c(OC)c2)cc1OCCCCCCOc1cc(-c2nc3ccccc3s2)ccc1C. The molecule has 5 nitrogen and oxygen atoms in total. The molecule has 0 saturated heterocycles.